The van der Waals surface area contributed by atoms with E-state index in [1.54, 1.807) is 61.7 Å². The molecular formula is C31H25ClN4O4S. The van der Waals surface area contributed by atoms with Crippen molar-refractivity contribution in [2.45, 2.75) is 11.8 Å². The summed E-state index contributed by atoms with van der Waals surface area (Å²) < 4.78 is 12.8. The van der Waals surface area contributed by atoms with Crippen molar-refractivity contribution in [3.63, 3.8) is 0 Å². The molecule has 1 N–H and O–H groups in total. The van der Waals surface area contributed by atoms with Crippen LogP contribution in [0.1, 0.15) is 11.1 Å². The van der Waals surface area contributed by atoms with Gasteiger partial charge in [0.25, 0.3) is 11.5 Å². The minimum atomic E-state index is -0.356. The zero-order chi connectivity index (χ0) is 28.6. The number of hydrogen-bond donors (Lipinski definition) is 1. The van der Waals surface area contributed by atoms with Crippen molar-refractivity contribution in [3.05, 3.63) is 124 Å². The third-order valence-corrected chi connectivity index (χ3v) is 7.18. The average molecular weight is 585 g/mol. The van der Waals surface area contributed by atoms with Crippen molar-refractivity contribution < 1.29 is 14.3 Å². The molecule has 8 nitrogen and oxygen atoms in total. The van der Waals surface area contributed by atoms with E-state index in [1.807, 2.05) is 42.5 Å². The van der Waals surface area contributed by atoms with E-state index in [9.17, 15) is 9.59 Å². The Morgan fingerprint density at radius 3 is 2.54 bits per heavy atom. The highest BCUT2D eigenvalue weighted by Crippen LogP contribution is 2.28. The summed E-state index contributed by atoms with van der Waals surface area (Å²) in [5.74, 6) is 0.785. The fourth-order valence-corrected chi connectivity index (χ4v) is 4.92. The number of para-hydroxylation sites is 1. The number of amides is 1. The Bertz CT molecular complexity index is 1760. The first-order valence-corrected chi connectivity index (χ1v) is 14.0. The van der Waals surface area contributed by atoms with Gasteiger partial charge in [-0.2, -0.15) is 5.10 Å². The Hall–Kier alpha value is -4.60. The Labute approximate surface area is 245 Å². The average Bonchev–Trinajstić information content (AvgIpc) is 3.00. The van der Waals surface area contributed by atoms with Crippen molar-refractivity contribution in [3.8, 4) is 17.2 Å². The van der Waals surface area contributed by atoms with E-state index in [-0.39, 0.29) is 17.2 Å². The van der Waals surface area contributed by atoms with E-state index in [1.165, 1.54) is 10.8 Å². The summed E-state index contributed by atoms with van der Waals surface area (Å²) in [6.07, 6.45) is 1.52. The van der Waals surface area contributed by atoms with Gasteiger partial charge < -0.3 is 9.47 Å². The molecule has 0 spiro atoms. The summed E-state index contributed by atoms with van der Waals surface area (Å²) in [6, 6.07) is 29.2. The van der Waals surface area contributed by atoms with Gasteiger partial charge in [-0.1, -0.05) is 65.8 Å². The molecule has 0 aliphatic rings. The molecule has 1 amide bonds. The molecule has 0 unspecified atom stereocenters. The summed E-state index contributed by atoms with van der Waals surface area (Å²) in [7, 11) is 1.58. The highest BCUT2D eigenvalue weighted by atomic mass is 35.5. The maximum absolute atomic E-state index is 13.3. The van der Waals surface area contributed by atoms with E-state index < -0.39 is 0 Å². The van der Waals surface area contributed by atoms with Crippen LogP contribution >= 0.6 is 23.4 Å². The summed E-state index contributed by atoms with van der Waals surface area (Å²) >= 11 is 7.18. The van der Waals surface area contributed by atoms with Crippen molar-refractivity contribution in [1.29, 1.82) is 0 Å². The highest BCUT2D eigenvalue weighted by Gasteiger charge is 2.15. The smallest absolute Gasteiger partial charge is 0.266 e. The number of fused-ring (bicyclic) bond motifs is 1. The second-order valence-electron chi connectivity index (χ2n) is 8.79. The minimum absolute atomic E-state index is 0.0102. The van der Waals surface area contributed by atoms with E-state index in [0.29, 0.717) is 44.9 Å². The quantitative estimate of drug-likeness (QED) is 0.0955. The number of nitrogens with zero attached hydrogens (tertiary/aromatic N) is 3. The molecule has 1 aromatic heterocycles. The largest absolute Gasteiger partial charge is 0.493 e. The second-order valence-corrected chi connectivity index (χ2v) is 10.2. The molecule has 5 aromatic rings. The lowest BCUT2D eigenvalue weighted by molar-refractivity contribution is -0.118. The lowest BCUT2D eigenvalue weighted by Crippen LogP contribution is -2.24. The lowest BCUT2D eigenvalue weighted by atomic mass is 10.2. The van der Waals surface area contributed by atoms with Gasteiger partial charge in [0.15, 0.2) is 16.7 Å². The molecule has 4 aromatic carbocycles. The maximum Gasteiger partial charge on any atom is 0.266 e. The predicted molar refractivity (Wildman–Crippen MR) is 163 cm³/mol. The van der Waals surface area contributed by atoms with E-state index in [0.717, 1.165) is 22.9 Å². The van der Waals surface area contributed by atoms with Gasteiger partial charge in [-0.25, -0.2) is 10.4 Å². The van der Waals surface area contributed by atoms with Crippen LogP contribution in [0.15, 0.2) is 112 Å². The first-order chi connectivity index (χ1) is 20.0. The SMILES string of the molecule is COc1ccc(/C=N\NC(=O)CSc2nc3ccccc3c(=O)n2-c2ccc(Cl)cc2)cc1OCc1ccccc1. The number of hydrogen-bond acceptors (Lipinski definition) is 7. The summed E-state index contributed by atoms with van der Waals surface area (Å²) in [4.78, 5) is 30.6. The van der Waals surface area contributed by atoms with Gasteiger partial charge in [0.2, 0.25) is 0 Å². The number of benzene rings is 4. The van der Waals surface area contributed by atoms with Gasteiger partial charge >= 0.3 is 0 Å². The van der Waals surface area contributed by atoms with Gasteiger partial charge in [0.05, 0.1) is 35.7 Å². The van der Waals surface area contributed by atoms with Crippen LogP contribution in [0, 0.1) is 0 Å². The summed E-state index contributed by atoms with van der Waals surface area (Å²) in [5, 5.41) is 5.50. The Morgan fingerprint density at radius 1 is 1.00 bits per heavy atom. The first-order valence-electron chi connectivity index (χ1n) is 12.6. The van der Waals surface area contributed by atoms with Crippen LogP contribution in [0.5, 0.6) is 11.5 Å². The maximum atomic E-state index is 13.3. The van der Waals surface area contributed by atoms with Crippen LogP contribution in [0.3, 0.4) is 0 Å². The van der Waals surface area contributed by atoms with Crippen molar-refractivity contribution >= 4 is 46.4 Å². The van der Waals surface area contributed by atoms with Gasteiger partial charge in [-0.3, -0.25) is 14.2 Å². The van der Waals surface area contributed by atoms with E-state index in [4.69, 9.17) is 21.1 Å². The molecule has 0 atom stereocenters. The van der Waals surface area contributed by atoms with Gasteiger partial charge in [0.1, 0.15) is 6.61 Å². The molecule has 0 saturated heterocycles. The zero-order valence-corrected chi connectivity index (χ0v) is 23.6. The number of halogens is 1. The number of carbonyl (C=O) groups is 1. The predicted octanol–water partition coefficient (Wildman–Crippen LogP) is 5.87. The first kappa shape index (κ1) is 27.9. The van der Waals surface area contributed by atoms with Gasteiger partial charge in [-0.15, -0.1) is 0 Å². The van der Waals surface area contributed by atoms with Crippen molar-refractivity contribution in [1.82, 2.24) is 15.0 Å². The van der Waals surface area contributed by atoms with Crippen LogP contribution < -0.4 is 20.5 Å². The van der Waals surface area contributed by atoms with Crippen LogP contribution in [-0.4, -0.2) is 34.5 Å². The molecular weight excluding hydrogens is 560 g/mol. The molecule has 1 heterocycles. The number of carbonyl (C=O) groups excluding carboxylic acids is 1. The molecule has 41 heavy (non-hydrogen) atoms. The minimum Gasteiger partial charge on any atom is -0.493 e. The number of nitrogens with one attached hydrogen (secondary N) is 1. The Balaban J connectivity index is 1.27. The third-order valence-electron chi connectivity index (χ3n) is 5.99. The fraction of sp³-hybridized carbons (Fsp3) is 0.0968. The normalized spacial score (nSPS) is 11.1. The number of ether oxygens (including phenoxy) is 2. The van der Waals surface area contributed by atoms with Crippen molar-refractivity contribution in [2.75, 3.05) is 12.9 Å². The molecule has 0 aliphatic carbocycles. The fourth-order valence-electron chi connectivity index (χ4n) is 3.99. The molecule has 0 saturated carbocycles. The third kappa shape index (κ3) is 6.95. The van der Waals surface area contributed by atoms with Crippen molar-refractivity contribution in [2.24, 2.45) is 5.10 Å². The second kappa shape index (κ2) is 13.2. The molecule has 0 fully saturated rings. The van der Waals surface area contributed by atoms with Gasteiger partial charge in [-0.05, 0) is 65.7 Å². The Kier molecular flexibility index (Phi) is 8.98. The molecule has 10 heteroatoms. The highest BCUT2D eigenvalue weighted by molar-refractivity contribution is 7.99. The van der Waals surface area contributed by atoms with Gasteiger partial charge in [0, 0.05) is 5.02 Å². The van der Waals surface area contributed by atoms with Crippen LogP contribution in [0.25, 0.3) is 16.6 Å². The summed E-state index contributed by atoms with van der Waals surface area (Å²) in [5.41, 5.74) is 5.19. The number of methoxy groups -OCH3 is 1. The number of aromatic nitrogens is 2. The lowest BCUT2D eigenvalue weighted by Gasteiger charge is -2.13. The molecule has 206 valence electrons. The molecule has 0 aliphatic heterocycles. The topological polar surface area (TPSA) is 94.8 Å². The number of hydrazone groups is 1. The van der Waals surface area contributed by atoms with Crippen LogP contribution in [0.2, 0.25) is 5.02 Å². The van der Waals surface area contributed by atoms with E-state index in [2.05, 4.69) is 15.5 Å². The zero-order valence-electron chi connectivity index (χ0n) is 22.0. The van der Waals surface area contributed by atoms with Crippen LogP contribution in [0.4, 0.5) is 0 Å². The molecule has 5 rings (SSSR count). The number of thioether (sulfide) groups is 1. The Morgan fingerprint density at radius 2 is 1.76 bits per heavy atom. The monoisotopic (exact) mass is 584 g/mol. The standard InChI is InChI=1S/C31H25ClN4O4S/c1-39-27-16-11-22(17-28(27)40-19-21-7-3-2-4-8-21)18-33-35-29(37)20-41-31-34-26-10-6-5-9-25(26)30(38)36(31)24-14-12-23(32)13-15-24/h2-18H,19-20H2,1H3,(H,35,37)/b33-18-. The summed E-state index contributed by atoms with van der Waals surface area (Å²) in [6.45, 7) is 0.385. The van der Waals surface area contributed by atoms with Crippen LogP contribution in [-0.2, 0) is 11.4 Å². The molecule has 0 radical (unpaired) electrons. The van der Waals surface area contributed by atoms with E-state index >= 15 is 0 Å². The number of rotatable bonds is 10. The molecule has 0 bridgehead atoms.